The van der Waals surface area contributed by atoms with E-state index >= 15 is 0 Å². The number of rotatable bonds is 4. The monoisotopic (exact) mass is 408 g/mol. The molecule has 1 aliphatic rings. The lowest BCUT2D eigenvalue weighted by molar-refractivity contribution is -0.142. The van der Waals surface area contributed by atoms with Crippen molar-refractivity contribution < 1.29 is 29.5 Å². The fourth-order valence-corrected chi connectivity index (χ4v) is 2.74. The Balaban J connectivity index is 1.55. The maximum atomic E-state index is 12.5. The van der Waals surface area contributed by atoms with Crippen LogP contribution in [0.15, 0.2) is 55.2 Å². The Labute approximate surface area is 167 Å². The molecule has 1 unspecified atom stereocenters. The Morgan fingerprint density at radius 3 is 2.60 bits per heavy atom. The Morgan fingerprint density at radius 1 is 1.07 bits per heavy atom. The number of fused-ring (bicyclic) bond motifs is 1. The molecule has 3 amide bonds. The van der Waals surface area contributed by atoms with Crippen molar-refractivity contribution in [1.82, 2.24) is 30.1 Å². The van der Waals surface area contributed by atoms with Gasteiger partial charge in [-0.3, -0.25) is 29.8 Å². The normalized spacial score (nSPS) is 14.9. The highest BCUT2D eigenvalue weighted by molar-refractivity contribution is 6.07. The largest absolute Gasteiger partial charge is 0.462 e. The van der Waals surface area contributed by atoms with E-state index in [0.29, 0.717) is 5.06 Å². The highest BCUT2D eigenvalue weighted by atomic mass is 16.6. The van der Waals surface area contributed by atoms with Crippen LogP contribution in [0, 0.1) is 0 Å². The summed E-state index contributed by atoms with van der Waals surface area (Å²) in [7, 11) is 0. The maximum absolute atomic E-state index is 12.5. The van der Waals surface area contributed by atoms with Crippen LogP contribution in [0.1, 0.15) is 43.3 Å². The van der Waals surface area contributed by atoms with Gasteiger partial charge < -0.3 is 4.74 Å². The smallest absolute Gasteiger partial charge is 0.322 e. The number of ether oxygens (including phenoxy) is 1. The lowest BCUT2D eigenvalue weighted by Crippen LogP contribution is -2.35. The number of carbonyl (C=O) groups excluding carboxylic acids is 3. The van der Waals surface area contributed by atoms with Gasteiger partial charge in [0.25, 0.3) is 11.8 Å². The molecule has 12 heteroatoms. The quantitative estimate of drug-likeness (QED) is 0.360. The van der Waals surface area contributed by atoms with Crippen LogP contribution in [0.2, 0.25) is 0 Å². The van der Waals surface area contributed by atoms with Crippen LogP contribution in [0.5, 0.6) is 5.75 Å². The molecule has 1 aromatic carbocycles. The lowest BCUT2D eigenvalue weighted by atomic mass is 10.2. The van der Waals surface area contributed by atoms with Crippen molar-refractivity contribution in [2.24, 2.45) is 0 Å². The molecule has 0 saturated carbocycles. The first-order chi connectivity index (χ1) is 14.5. The fourth-order valence-electron chi connectivity index (χ4n) is 2.74. The van der Waals surface area contributed by atoms with Crippen LogP contribution in [0.3, 0.4) is 0 Å². The van der Waals surface area contributed by atoms with Crippen molar-refractivity contribution in [3.05, 3.63) is 77.9 Å². The first kappa shape index (κ1) is 19.0. The first-order valence-corrected chi connectivity index (χ1v) is 8.41. The molecule has 4 rings (SSSR count). The van der Waals surface area contributed by atoms with E-state index in [1.807, 2.05) is 0 Å². The third-order valence-electron chi connectivity index (χ3n) is 4.13. The zero-order valence-corrected chi connectivity index (χ0v) is 15.0. The van der Waals surface area contributed by atoms with Crippen LogP contribution in [-0.4, -0.2) is 58.2 Å². The van der Waals surface area contributed by atoms with Gasteiger partial charge >= 0.3 is 5.91 Å². The first-order valence-electron chi connectivity index (χ1n) is 8.41. The number of hydroxylamine groups is 4. The second kappa shape index (κ2) is 7.62. The average Bonchev–Trinajstić information content (AvgIpc) is 3.03. The van der Waals surface area contributed by atoms with Gasteiger partial charge in [0, 0.05) is 11.8 Å². The zero-order valence-electron chi connectivity index (χ0n) is 15.0. The van der Waals surface area contributed by atoms with Gasteiger partial charge in [-0.15, -0.1) is 5.06 Å². The summed E-state index contributed by atoms with van der Waals surface area (Å²) in [6, 6.07) is 8.50. The van der Waals surface area contributed by atoms with Crippen LogP contribution in [0.25, 0.3) is 0 Å². The number of carbonyl (C=O) groups is 3. The van der Waals surface area contributed by atoms with Crippen LogP contribution in [0.4, 0.5) is 0 Å². The van der Waals surface area contributed by atoms with Crippen LogP contribution >= 0.6 is 0 Å². The van der Waals surface area contributed by atoms with Crippen molar-refractivity contribution in [1.29, 1.82) is 0 Å². The number of aromatic nitrogens is 4. The van der Waals surface area contributed by atoms with E-state index in [1.54, 1.807) is 6.07 Å². The molecule has 0 radical (unpaired) electrons. The number of hydrogen-bond acceptors (Lipinski definition) is 10. The van der Waals surface area contributed by atoms with Crippen molar-refractivity contribution in [2.45, 2.75) is 6.23 Å². The Hall–Kier alpha value is -4.29. The third-order valence-corrected chi connectivity index (χ3v) is 4.13. The van der Waals surface area contributed by atoms with Crippen molar-refractivity contribution in [3.8, 4) is 5.75 Å². The summed E-state index contributed by atoms with van der Waals surface area (Å²) in [5.74, 6) is -3.23. The second-order valence-electron chi connectivity index (χ2n) is 5.97. The number of imide groups is 1. The second-order valence-corrected chi connectivity index (χ2v) is 5.97. The van der Waals surface area contributed by atoms with Gasteiger partial charge in [0.2, 0.25) is 12.1 Å². The van der Waals surface area contributed by atoms with Gasteiger partial charge in [-0.25, -0.2) is 15.0 Å². The number of hydrogen-bond donors (Lipinski definition) is 2. The van der Waals surface area contributed by atoms with E-state index in [9.17, 15) is 24.8 Å². The van der Waals surface area contributed by atoms with Crippen molar-refractivity contribution >= 4 is 17.7 Å². The molecule has 0 spiro atoms. The van der Waals surface area contributed by atoms with Gasteiger partial charge in [-0.2, -0.15) is 5.06 Å². The molecule has 2 N–H and O–H groups in total. The third kappa shape index (κ3) is 3.32. The molecular weight excluding hydrogens is 396 g/mol. The van der Waals surface area contributed by atoms with Crippen LogP contribution < -0.4 is 4.74 Å². The summed E-state index contributed by atoms with van der Waals surface area (Å²) in [6.07, 6.45) is 2.30. The summed E-state index contributed by atoms with van der Waals surface area (Å²) in [5, 5.41) is 20.3. The highest BCUT2D eigenvalue weighted by Gasteiger charge is 2.39. The molecule has 12 nitrogen and oxygen atoms in total. The fraction of sp³-hybridized carbons (Fsp3) is 0.0556. The molecule has 3 aromatic rings. The minimum Gasteiger partial charge on any atom is -0.462 e. The van der Waals surface area contributed by atoms with E-state index in [2.05, 4.69) is 19.9 Å². The lowest BCUT2D eigenvalue weighted by Gasteiger charge is -2.20. The molecule has 150 valence electrons. The molecule has 0 bridgehead atoms. The molecule has 30 heavy (non-hydrogen) atoms. The number of pyridine rings is 1. The molecule has 0 fully saturated rings. The van der Waals surface area contributed by atoms with Gasteiger partial charge in [0.1, 0.15) is 24.1 Å². The SMILES string of the molecule is O=C(c1cccc(OC2c3ncccc3C(=O)N2O)c1)N(O)C(=O)c1ncncn1. The minimum atomic E-state index is -1.23. The summed E-state index contributed by atoms with van der Waals surface area (Å²) in [6.45, 7) is 0. The number of amides is 3. The average molecular weight is 408 g/mol. The number of nitrogens with zero attached hydrogens (tertiary/aromatic N) is 6. The van der Waals surface area contributed by atoms with E-state index < -0.39 is 29.8 Å². The molecular formula is C18H12N6O6. The Morgan fingerprint density at radius 2 is 1.83 bits per heavy atom. The van der Waals surface area contributed by atoms with Gasteiger partial charge in [0.15, 0.2) is 0 Å². The predicted molar refractivity (Wildman–Crippen MR) is 94.1 cm³/mol. The van der Waals surface area contributed by atoms with E-state index in [4.69, 9.17) is 4.74 Å². The topological polar surface area (TPSA) is 159 Å². The summed E-state index contributed by atoms with van der Waals surface area (Å²) in [4.78, 5) is 51.4. The Bertz CT molecular complexity index is 1140. The summed E-state index contributed by atoms with van der Waals surface area (Å²) < 4.78 is 5.62. The van der Waals surface area contributed by atoms with E-state index in [-0.39, 0.29) is 27.6 Å². The highest BCUT2D eigenvalue weighted by Crippen LogP contribution is 2.32. The van der Waals surface area contributed by atoms with E-state index in [0.717, 1.165) is 12.7 Å². The maximum Gasteiger partial charge on any atom is 0.322 e. The van der Waals surface area contributed by atoms with Crippen LogP contribution in [-0.2, 0) is 0 Å². The van der Waals surface area contributed by atoms with Gasteiger partial charge in [0.05, 0.1) is 5.56 Å². The molecule has 2 aromatic heterocycles. The van der Waals surface area contributed by atoms with Crippen molar-refractivity contribution in [2.75, 3.05) is 0 Å². The molecule has 0 saturated heterocycles. The molecule has 1 atom stereocenters. The molecule has 0 aliphatic carbocycles. The van der Waals surface area contributed by atoms with Gasteiger partial charge in [-0.1, -0.05) is 6.07 Å². The Kier molecular flexibility index (Phi) is 4.83. The minimum absolute atomic E-state index is 0.0808. The van der Waals surface area contributed by atoms with Crippen molar-refractivity contribution in [3.63, 3.8) is 0 Å². The molecule has 1 aliphatic heterocycles. The standard InChI is InChI=1S/C18H12N6O6/c25-15(23(28)17(27)14-21-8-19-9-22-14)10-3-1-4-11(7-10)30-18-13-12(5-2-6-20-13)16(26)24(18)29/h1-9,18,28-29H. The van der Waals surface area contributed by atoms with E-state index in [1.165, 1.54) is 36.5 Å². The summed E-state index contributed by atoms with van der Waals surface area (Å²) >= 11 is 0. The number of benzene rings is 1. The molecule has 3 heterocycles. The predicted octanol–water partition coefficient (Wildman–Crippen LogP) is 0.861. The van der Waals surface area contributed by atoms with Gasteiger partial charge in [-0.05, 0) is 30.3 Å². The summed E-state index contributed by atoms with van der Waals surface area (Å²) in [5.41, 5.74) is 0.282. The zero-order chi connectivity index (χ0) is 21.3.